The number of nitrogens with two attached hydrogens (primary N) is 1. The van der Waals surface area contributed by atoms with Gasteiger partial charge in [-0.2, -0.15) is 0 Å². The summed E-state index contributed by atoms with van der Waals surface area (Å²) in [5.41, 5.74) is 5.34. The van der Waals surface area contributed by atoms with E-state index in [4.69, 9.17) is 24.3 Å². The van der Waals surface area contributed by atoms with Crippen LogP contribution in [0, 0.1) is 0 Å². The van der Waals surface area contributed by atoms with Gasteiger partial charge in [-0.1, -0.05) is 146 Å². The summed E-state index contributed by atoms with van der Waals surface area (Å²) in [7, 11) is -4.41. The molecule has 0 aromatic rings. The first-order valence-electron chi connectivity index (χ1n) is 21.7. The van der Waals surface area contributed by atoms with Crippen LogP contribution in [0.5, 0.6) is 0 Å². The zero-order valence-corrected chi connectivity index (χ0v) is 36.0. The fourth-order valence-electron chi connectivity index (χ4n) is 5.58. The second-order valence-corrected chi connectivity index (χ2v) is 15.7. The molecule has 0 rings (SSSR count). The Kier molecular flexibility index (Phi) is 38.7. The van der Waals surface area contributed by atoms with E-state index in [9.17, 15) is 23.8 Å². The Morgan fingerprint density at radius 2 is 1.11 bits per heavy atom. The lowest BCUT2D eigenvalue weighted by molar-refractivity contribution is -0.161. The molecule has 2 atom stereocenters. The molecule has 0 radical (unpaired) electrons. The van der Waals surface area contributed by atoms with Gasteiger partial charge in [0.05, 0.1) is 13.2 Å². The molecule has 11 heteroatoms. The van der Waals surface area contributed by atoms with Crippen LogP contribution in [0.1, 0.15) is 174 Å². The minimum atomic E-state index is -4.41. The first-order valence-corrected chi connectivity index (χ1v) is 23.2. The molecular weight excluding hydrogens is 729 g/mol. The van der Waals surface area contributed by atoms with Crippen molar-refractivity contribution in [2.24, 2.45) is 5.73 Å². The maximum atomic E-state index is 12.6. The molecule has 0 aromatic heterocycles. The van der Waals surface area contributed by atoms with Crippen LogP contribution in [0.2, 0.25) is 0 Å². The van der Waals surface area contributed by atoms with Crippen LogP contribution in [-0.4, -0.2) is 55.1 Å². The van der Waals surface area contributed by atoms with Crippen LogP contribution in [0.4, 0.5) is 0 Å². The third-order valence-electron chi connectivity index (χ3n) is 8.85. The fourth-order valence-corrected chi connectivity index (χ4v) is 6.34. The van der Waals surface area contributed by atoms with Crippen molar-refractivity contribution in [1.29, 1.82) is 0 Å². The average Bonchev–Trinajstić information content (AvgIpc) is 3.18. The Morgan fingerprint density at radius 1 is 0.589 bits per heavy atom. The molecule has 0 heterocycles. The second-order valence-electron chi connectivity index (χ2n) is 14.2. The van der Waals surface area contributed by atoms with E-state index < -0.39 is 32.5 Å². The number of hydrogen-bond acceptors (Lipinski definition) is 9. The van der Waals surface area contributed by atoms with E-state index in [0.29, 0.717) is 25.7 Å². The normalized spacial score (nSPS) is 13.8. The van der Waals surface area contributed by atoms with Crippen molar-refractivity contribution in [2.45, 2.75) is 180 Å². The maximum absolute atomic E-state index is 12.6. The zero-order valence-electron chi connectivity index (χ0n) is 35.1. The summed E-state index contributed by atoms with van der Waals surface area (Å²) < 4.78 is 32.7. The fraction of sp³-hybridized carbons (Fsp3) is 0.711. The molecule has 0 aliphatic heterocycles. The van der Waals surface area contributed by atoms with Gasteiger partial charge < -0.3 is 20.1 Å². The van der Waals surface area contributed by atoms with Crippen molar-refractivity contribution >= 4 is 25.5 Å². The summed E-state index contributed by atoms with van der Waals surface area (Å²) in [6.07, 6.45) is 43.8. The van der Waals surface area contributed by atoms with E-state index in [1.165, 1.54) is 64.2 Å². The summed E-state index contributed by atoms with van der Waals surface area (Å²) in [4.78, 5) is 46.5. The Morgan fingerprint density at radius 3 is 1.77 bits per heavy atom. The van der Waals surface area contributed by atoms with Gasteiger partial charge in [-0.25, -0.2) is 4.57 Å². The van der Waals surface area contributed by atoms with E-state index in [1.807, 2.05) is 24.3 Å². The number of carbonyl (C=O) groups is 3. The van der Waals surface area contributed by atoms with Crippen LogP contribution in [0.25, 0.3) is 0 Å². The topological polar surface area (TPSA) is 151 Å². The van der Waals surface area contributed by atoms with Crippen LogP contribution in [0.15, 0.2) is 60.8 Å². The van der Waals surface area contributed by atoms with Gasteiger partial charge in [0.2, 0.25) is 0 Å². The molecule has 0 aliphatic carbocycles. The molecule has 322 valence electrons. The SMILES string of the molecule is CCCCCCCC/C=C\CCCCCCCCCC(=O)OC[C@H](COP(=O)(O)OCCN)OC(=O)CCC/C=C\C/C=C\C/C=C\C=C\C(=O)CCCCC. The van der Waals surface area contributed by atoms with Crippen molar-refractivity contribution in [3.05, 3.63) is 60.8 Å². The lowest BCUT2D eigenvalue weighted by atomic mass is 10.1. The molecular formula is C45H78NO9P. The highest BCUT2D eigenvalue weighted by atomic mass is 31.2. The molecule has 0 saturated carbocycles. The van der Waals surface area contributed by atoms with Crippen molar-refractivity contribution < 1.29 is 42.4 Å². The Bertz CT molecular complexity index is 1160. The number of rotatable bonds is 40. The number of carbonyl (C=O) groups excluding carboxylic acids is 3. The largest absolute Gasteiger partial charge is 0.472 e. The minimum Gasteiger partial charge on any atom is -0.462 e. The molecule has 0 bridgehead atoms. The molecule has 0 saturated heterocycles. The molecule has 0 spiro atoms. The highest BCUT2D eigenvalue weighted by molar-refractivity contribution is 7.47. The summed E-state index contributed by atoms with van der Waals surface area (Å²) in [6.45, 7) is 3.47. The monoisotopic (exact) mass is 808 g/mol. The van der Waals surface area contributed by atoms with Crippen LogP contribution >= 0.6 is 7.82 Å². The Hall–Kier alpha value is -2.62. The highest BCUT2D eigenvalue weighted by Crippen LogP contribution is 2.43. The number of unbranched alkanes of at least 4 members (excludes halogenated alkanes) is 16. The average molecular weight is 808 g/mol. The predicted molar refractivity (Wildman–Crippen MR) is 229 cm³/mol. The molecule has 0 aliphatic rings. The number of phosphoric acid groups is 1. The van der Waals surface area contributed by atoms with Gasteiger partial charge in [0.15, 0.2) is 11.9 Å². The molecule has 10 nitrogen and oxygen atoms in total. The summed E-state index contributed by atoms with van der Waals surface area (Å²) in [5, 5.41) is 0. The lowest BCUT2D eigenvalue weighted by Gasteiger charge is -2.19. The molecule has 0 fully saturated rings. The number of hydrogen-bond donors (Lipinski definition) is 2. The van der Waals surface area contributed by atoms with E-state index in [0.717, 1.165) is 57.8 Å². The van der Waals surface area contributed by atoms with E-state index in [1.54, 1.807) is 12.2 Å². The van der Waals surface area contributed by atoms with Crippen molar-refractivity contribution in [2.75, 3.05) is 26.4 Å². The van der Waals surface area contributed by atoms with E-state index in [2.05, 4.69) is 38.2 Å². The Labute approximate surface area is 340 Å². The van der Waals surface area contributed by atoms with Crippen molar-refractivity contribution in [1.82, 2.24) is 0 Å². The number of allylic oxidation sites excluding steroid dienone is 10. The highest BCUT2D eigenvalue weighted by Gasteiger charge is 2.25. The van der Waals surface area contributed by atoms with Crippen molar-refractivity contribution in [3.63, 3.8) is 0 Å². The predicted octanol–water partition coefficient (Wildman–Crippen LogP) is 11.7. The number of ether oxygens (including phenoxy) is 2. The number of phosphoric ester groups is 1. The second kappa shape index (κ2) is 40.6. The lowest BCUT2D eigenvalue weighted by Crippen LogP contribution is -2.29. The summed E-state index contributed by atoms with van der Waals surface area (Å²) in [6, 6.07) is 0. The molecule has 0 amide bonds. The van der Waals surface area contributed by atoms with Crippen LogP contribution < -0.4 is 5.73 Å². The molecule has 56 heavy (non-hydrogen) atoms. The third-order valence-corrected chi connectivity index (χ3v) is 9.84. The summed E-state index contributed by atoms with van der Waals surface area (Å²) in [5.74, 6) is -0.771. The number of ketones is 1. The van der Waals surface area contributed by atoms with Gasteiger partial charge in [-0.05, 0) is 70.3 Å². The van der Waals surface area contributed by atoms with Gasteiger partial charge in [-0.3, -0.25) is 23.4 Å². The van der Waals surface area contributed by atoms with Crippen LogP contribution in [-0.2, 0) is 37.5 Å². The quantitative estimate of drug-likeness (QED) is 0.0153. The standard InChI is InChI=1S/C45H78NO9P/c1-3-5-7-8-9-10-11-12-13-14-15-16-19-22-25-28-32-36-44(48)52-40-43(41-54-56(50,51)53-39-38-46)55-45(49)37-33-29-26-23-20-17-18-21-24-27-31-35-42(47)34-30-6-4-2/h12-13,17-18,23-24,26-27,31,35,43H,3-11,14-16,19-22,25,28-30,32-34,36-41,46H2,1-2H3,(H,50,51)/b13-12-,18-17-,26-23-,27-24-,35-31+/t43-/m1/s1. The molecule has 3 N–H and O–H groups in total. The van der Waals surface area contributed by atoms with E-state index >= 15 is 0 Å². The van der Waals surface area contributed by atoms with Gasteiger partial charge in [-0.15, -0.1) is 0 Å². The first-order chi connectivity index (χ1) is 27.2. The summed E-state index contributed by atoms with van der Waals surface area (Å²) >= 11 is 0. The van der Waals surface area contributed by atoms with E-state index in [-0.39, 0.29) is 38.4 Å². The molecule has 0 aromatic carbocycles. The smallest absolute Gasteiger partial charge is 0.462 e. The van der Waals surface area contributed by atoms with Crippen LogP contribution in [0.3, 0.4) is 0 Å². The third kappa shape index (κ3) is 39.6. The van der Waals surface area contributed by atoms with Crippen molar-refractivity contribution in [3.8, 4) is 0 Å². The van der Waals surface area contributed by atoms with Gasteiger partial charge in [0.1, 0.15) is 6.61 Å². The minimum absolute atomic E-state index is 0.0320. The number of esters is 2. The first kappa shape index (κ1) is 53.4. The molecule has 1 unspecified atom stereocenters. The van der Waals surface area contributed by atoms with Gasteiger partial charge in [0.25, 0.3) is 0 Å². The maximum Gasteiger partial charge on any atom is 0.472 e. The zero-order chi connectivity index (χ0) is 41.2. The van der Waals surface area contributed by atoms with Gasteiger partial charge >= 0.3 is 19.8 Å². The van der Waals surface area contributed by atoms with Gasteiger partial charge in [0, 0.05) is 25.8 Å². The Balaban J connectivity index is 4.30.